The fraction of sp³-hybridized carbons (Fsp3) is 0.429. The van der Waals surface area contributed by atoms with Crippen molar-refractivity contribution in [3.8, 4) is 12.3 Å². The van der Waals surface area contributed by atoms with Gasteiger partial charge in [-0.05, 0) is 18.5 Å². The standard InChI is InChI=1S/C14H19N/c1-3-5-12-15(11-4-2)13-14-9-7-6-8-10-14/h2,6-10H,3,5,11-13H2,1H3. The first-order valence-corrected chi connectivity index (χ1v) is 5.56. The van der Waals surface area contributed by atoms with Crippen LogP contribution in [-0.4, -0.2) is 18.0 Å². The van der Waals surface area contributed by atoms with Gasteiger partial charge in [0.05, 0.1) is 6.54 Å². The molecule has 0 saturated heterocycles. The number of unbranched alkanes of at least 4 members (excludes halogenated alkanes) is 1. The monoisotopic (exact) mass is 201 g/mol. The summed E-state index contributed by atoms with van der Waals surface area (Å²) in [6.45, 7) is 5.01. The molecule has 0 unspecified atom stereocenters. The van der Waals surface area contributed by atoms with E-state index in [9.17, 15) is 0 Å². The van der Waals surface area contributed by atoms with Crippen molar-refractivity contribution in [2.24, 2.45) is 0 Å². The molecule has 0 radical (unpaired) electrons. The van der Waals surface area contributed by atoms with Crippen molar-refractivity contribution in [3.05, 3.63) is 35.9 Å². The summed E-state index contributed by atoms with van der Waals surface area (Å²) in [5.41, 5.74) is 1.34. The summed E-state index contributed by atoms with van der Waals surface area (Å²) in [5, 5.41) is 0. The van der Waals surface area contributed by atoms with Gasteiger partial charge in [-0.15, -0.1) is 6.42 Å². The van der Waals surface area contributed by atoms with Crippen LogP contribution in [0, 0.1) is 12.3 Å². The van der Waals surface area contributed by atoms with Crippen molar-refractivity contribution in [1.82, 2.24) is 4.90 Å². The van der Waals surface area contributed by atoms with Gasteiger partial charge < -0.3 is 0 Å². The second kappa shape index (κ2) is 7.09. The van der Waals surface area contributed by atoms with E-state index in [4.69, 9.17) is 6.42 Å². The Morgan fingerprint density at radius 2 is 2.00 bits per heavy atom. The van der Waals surface area contributed by atoms with E-state index < -0.39 is 0 Å². The molecule has 0 aliphatic rings. The lowest BCUT2D eigenvalue weighted by Crippen LogP contribution is -2.24. The average Bonchev–Trinajstić information content (AvgIpc) is 2.28. The molecule has 1 aromatic rings. The predicted octanol–water partition coefficient (Wildman–Crippen LogP) is 2.92. The highest BCUT2D eigenvalue weighted by molar-refractivity contribution is 5.14. The fourth-order valence-electron chi connectivity index (χ4n) is 1.57. The largest absolute Gasteiger partial charge is 0.288 e. The summed E-state index contributed by atoms with van der Waals surface area (Å²) in [7, 11) is 0. The molecular formula is C14H19N. The molecule has 0 N–H and O–H groups in total. The van der Waals surface area contributed by atoms with Gasteiger partial charge in [-0.1, -0.05) is 49.6 Å². The molecule has 0 aromatic heterocycles. The van der Waals surface area contributed by atoms with E-state index in [0.29, 0.717) is 0 Å². The maximum absolute atomic E-state index is 5.36. The van der Waals surface area contributed by atoms with Gasteiger partial charge in [-0.3, -0.25) is 4.90 Å². The average molecular weight is 201 g/mol. The highest BCUT2D eigenvalue weighted by Gasteiger charge is 2.02. The molecule has 1 aromatic carbocycles. The fourth-order valence-corrected chi connectivity index (χ4v) is 1.57. The molecule has 0 saturated carbocycles. The van der Waals surface area contributed by atoms with Crippen LogP contribution in [0.5, 0.6) is 0 Å². The van der Waals surface area contributed by atoms with Crippen LogP contribution in [0.4, 0.5) is 0 Å². The van der Waals surface area contributed by atoms with Gasteiger partial charge in [0.15, 0.2) is 0 Å². The predicted molar refractivity (Wildman–Crippen MR) is 65.5 cm³/mol. The Hall–Kier alpha value is -1.26. The lowest BCUT2D eigenvalue weighted by atomic mass is 10.2. The molecule has 0 amide bonds. The Morgan fingerprint density at radius 3 is 2.60 bits per heavy atom. The smallest absolute Gasteiger partial charge is 0.0601 e. The van der Waals surface area contributed by atoms with Crippen LogP contribution < -0.4 is 0 Å². The second-order valence-corrected chi connectivity index (χ2v) is 3.75. The van der Waals surface area contributed by atoms with Gasteiger partial charge in [0, 0.05) is 6.54 Å². The van der Waals surface area contributed by atoms with E-state index in [-0.39, 0.29) is 0 Å². The summed E-state index contributed by atoms with van der Waals surface area (Å²) in [6.07, 6.45) is 7.80. The first-order valence-electron chi connectivity index (χ1n) is 5.56. The zero-order valence-electron chi connectivity index (χ0n) is 9.45. The van der Waals surface area contributed by atoms with E-state index >= 15 is 0 Å². The number of hydrogen-bond acceptors (Lipinski definition) is 1. The maximum Gasteiger partial charge on any atom is 0.0601 e. The summed E-state index contributed by atoms with van der Waals surface area (Å²) in [4.78, 5) is 2.32. The molecule has 0 heterocycles. The Kier molecular flexibility index (Phi) is 5.58. The zero-order chi connectivity index (χ0) is 10.9. The van der Waals surface area contributed by atoms with Crippen molar-refractivity contribution < 1.29 is 0 Å². The molecule has 0 spiro atoms. The van der Waals surface area contributed by atoms with E-state index in [1.807, 2.05) is 6.07 Å². The van der Waals surface area contributed by atoms with Crippen LogP contribution in [0.2, 0.25) is 0 Å². The van der Waals surface area contributed by atoms with Crippen LogP contribution in [0.15, 0.2) is 30.3 Å². The Bertz CT molecular complexity index is 297. The molecule has 0 bridgehead atoms. The van der Waals surface area contributed by atoms with E-state index in [1.54, 1.807) is 0 Å². The van der Waals surface area contributed by atoms with E-state index in [0.717, 1.165) is 19.6 Å². The first-order chi connectivity index (χ1) is 7.36. The van der Waals surface area contributed by atoms with Gasteiger partial charge >= 0.3 is 0 Å². The highest BCUT2D eigenvalue weighted by atomic mass is 15.1. The van der Waals surface area contributed by atoms with Crippen molar-refractivity contribution in [3.63, 3.8) is 0 Å². The molecule has 80 valence electrons. The van der Waals surface area contributed by atoms with E-state index in [2.05, 4.69) is 42.0 Å². The minimum Gasteiger partial charge on any atom is -0.288 e. The van der Waals surface area contributed by atoms with Gasteiger partial charge in [-0.25, -0.2) is 0 Å². The number of hydrogen-bond donors (Lipinski definition) is 0. The van der Waals surface area contributed by atoms with Gasteiger partial charge in [0.1, 0.15) is 0 Å². The molecule has 15 heavy (non-hydrogen) atoms. The molecule has 1 rings (SSSR count). The molecule has 0 atom stereocenters. The zero-order valence-corrected chi connectivity index (χ0v) is 9.45. The molecule has 0 fully saturated rings. The molecule has 1 nitrogen and oxygen atoms in total. The van der Waals surface area contributed by atoms with Gasteiger partial charge in [-0.2, -0.15) is 0 Å². The Balaban J connectivity index is 2.47. The third-order valence-electron chi connectivity index (χ3n) is 2.39. The third kappa shape index (κ3) is 4.67. The first kappa shape index (κ1) is 11.8. The van der Waals surface area contributed by atoms with Gasteiger partial charge in [0.2, 0.25) is 0 Å². The number of terminal acetylenes is 1. The van der Waals surface area contributed by atoms with Crippen molar-refractivity contribution in [2.45, 2.75) is 26.3 Å². The van der Waals surface area contributed by atoms with Crippen molar-refractivity contribution in [1.29, 1.82) is 0 Å². The normalized spacial score (nSPS) is 10.2. The second-order valence-electron chi connectivity index (χ2n) is 3.75. The van der Waals surface area contributed by atoms with E-state index in [1.165, 1.54) is 18.4 Å². The minimum absolute atomic E-state index is 0.745. The summed E-state index contributed by atoms with van der Waals surface area (Å²) in [6, 6.07) is 10.5. The van der Waals surface area contributed by atoms with Crippen molar-refractivity contribution in [2.75, 3.05) is 13.1 Å². The summed E-state index contributed by atoms with van der Waals surface area (Å²) < 4.78 is 0. The SMILES string of the molecule is C#CCN(CCCC)Cc1ccccc1. The summed E-state index contributed by atoms with van der Waals surface area (Å²) in [5.74, 6) is 2.72. The number of nitrogens with zero attached hydrogens (tertiary/aromatic N) is 1. The summed E-state index contributed by atoms with van der Waals surface area (Å²) >= 11 is 0. The van der Waals surface area contributed by atoms with Crippen LogP contribution in [0.25, 0.3) is 0 Å². The lowest BCUT2D eigenvalue weighted by molar-refractivity contribution is 0.294. The van der Waals surface area contributed by atoms with Crippen LogP contribution in [0.1, 0.15) is 25.3 Å². The number of rotatable bonds is 6. The van der Waals surface area contributed by atoms with Gasteiger partial charge in [0.25, 0.3) is 0 Å². The van der Waals surface area contributed by atoms with Crippen LogP contribution >= 0.6 is 0 Å². The van der Waals surface area contributed by atoms with Crippen LogP contribution in [-0.2, 0) is 6.54 Å². The molecule has 0 aliphatic carbocycles. The molecule has 1 heteroatoms. The Labute approximate surface area is 93.1 Å². The topological polar surface area (TPSA) is 3.24 Å². The molecular weight excluding hydrogens is 182 g/mol. The van der Waals surface area contributed by atoms with Crippen molar-refractivity contribution >= 4 is 0 Å². The number of benzene rings is 1. The third-order valence-corrected chi connectivity index (χ3v) is 2.39. The Morgan fingerprint density at radius 1 is 1.27 bits per heavy atom. The quantitative estimate of drug-likeness (QED) is 0.640. The maximum atomic E-state index is 5.36. The highest BCUT2D eigenvalue weighted by Crippen LogP contribution is 2.05. The van der Waals surface area contributed by atoms with Crippen LogP contribution in [0.3, 0.4) is 0 Å². The molecule has 0 aliphatic heterocycles. The lowest BCUT2D eigenvalue weighted by Gasteiger charge is -2.19. The minimum atomic E-state index is 0.745.